The number of alkyl halides is 3. The molecule has 1 fully saturated rings. The zero-order valence-electron chi connectivity index (χ0n) is 8.78. The highest BCUT2D eigenvalue weighted by atomic mass is 19.4. The topological polar surface area (TPSA) is 29.5 Å². The van der Waals surface area contributed by atoms with Crippen LogP contribution in [0.3, 0.4) is 0 Å². The van der Waals surface area contributed by atoms with Crippen molar-refractivity contribution in [1.82, 2.24) is 5.06 Å². The molecule has 0 unspecified atom stereocenters. The summed E-state index contributed by atoms with van der Waals surface area (Å²) in [5.74, 6) is -2.04. The van der Waals surface area contributed by atoms with Gasteiger partial charge in [-0.1, -0.05) is 30.3 Å². The maximum absolute atomic E-state index is 11.9. The minimum absolute atomic E-state index is 0.122. The van der Waals surface area contributed by atoms with Gasteiger partial charge in [0.05, 0.1) is 0 Å². The maximum Gasteiger partial charge on any atom is 0.492 e. The van der Waals surface area contributed by atoms with Crippen molar-refractivity contribution >= 4 is 5.97 Å². The Morgan fingerprint density at radius 1 is 1.24 bits per heavy atom. The molecule has 92 valence electrons. The van der Waals surface area contributed by atoms with Crippen LogP contribution in [0.4, 0.5) is 13.2 Å². The number of rotatable bonds is 2. The molecule has 3 nitrogen and oxygen atoms in total. The van der Waals surface area contributed by atoms with Gasteiger partial charge < -0.3 is 4.84 Å². The number of carbonyl (C=O) groups excluding carboxylic acids is 1. The summed E-state index contributed by atoms with van der Waals surface area (Å²) in [5, 5.41) is 1.02. The van der Waals surface area contributed by atoms with E-state index in [4.69, 9.17) is 0 Å². The van der Waals surface area contributed by atoms with E-state index in [-0.39, 0.29) is 5.92 Å². The van der Waals surface area contributed by atoms with Gasteiger partial charge in [-0.15, -0.1) is 5.06 Å². The Morgan fingerprint density at radius 2 is 1.82 bits per heavy atom. The lowest BCUT2D eigenvalue weighted by Crippen LogP contribution is -2.47. The predicted molar refractivity (Wildman–Crippen MR) is 52.9 cm³/mol. The Morgan fingerprint density at radius 3 is 2.35 bits per heavy atom. The Bertz CT molecular complexity index is 399. The van der Waals surface area contributed by atoms with Crippen molar-refractivity contribution < 1.29 is 22.8 Å². The number of hydroxylamine groups is 2. The van der Waals surface area contributed by atoms with E-state index in [0.717, 1.165) is 10.6 Å². The average Bonchev–Trinajstić information content (AvgIpc) is 2.22. The first-order valence-electron chi connectivity index (χ1n) is 5.06. The maximum atomic E-state index is 11.9. The molecular formula is C11H10F3NO2. The minimum Gasteiger partial charge on any atom is -0.361 e. The van der Waals surface area contributed by atoms with Gasteiger partial charge in [-0.2, -0.15) is 13.2 Å². The lowest BCUT2D eigenvalue weighted by molar-refractivity contribution is -0.253. The van der Waals surface area contributed by atoms with Crippen molar-refractivity contribution in [3.05, 3.63) is 35.9 Å². The molecule has 0 atom stereocenters. The van der Waals surface area contributed by atoms with Crippen LogP contribution in [0.5, 0.6) is 0 Å². The third-order valence-corrected chi connectivity index (χ3v) is 2.56. The Hall–Kier alpha value is -1.56. The van der Waals surface area contributed by atoms with Gasteiger partial charge in [0.25, 0.3) is 0 Å². The standard InChI is InChI=1S/C11H10F3NO2/c12-11(13,14)10(16)17-15-6-9(7-15)8-4-2-1-3-5-8/h1-5,9H,6-7H2. The normalized spacial score (nSPS) is 17.6. The smallest absolute Gasteiger partial charge is 0.361 e. The highest BCUT2D eigenvalue weighted by Gasteiger charge is 2.44. The number of halogens is 3. The number of carbonyl (C=O) groups is 1. The quantitative estimate of drug-likeness (QED) is 0.799. The van der Waals surface area contributed by atoms with Crippen LogP contribution in [0.1, 0.15) is 11.5 Å². The van der Waals surface area contributed by atoms with Gasteiger partial charge in [0.15, 0.2) is 0 Å². The second kappa shape index (κ2) is 4.37. The summed E-state index contributed by atoms with van der Waals surface area (Å²) in [4.78, 5) is 14.7. The van der Waals surface area contributed by atoms with Crippen LogP contribution in [-0.4, -0.2) is 30.3 Å². The number of hydrogen-bond donors (Lipinski definition) is 0. The van der Waals surface area contributed by atoms with E-state index >= 15 is 0 Å². The van der Waals surface area contributed by atoms with Gasteiger partial charge in [-0.3, -0.25) is 0 Å². The third-order valence-electron chi connectivity index (χ3n) is 2.56. The summed E-state index contributed by atoms with van der Waals surface area (Å²) < 4.78 is 35.7. The first-order valence-corrected chi connectivity index (χ1v) is 5.06. The summed E-state index contributed by atoms with van der Waals surface area (Å²) >= 11 is 0. The van der Waals surface area contributed by atoms with E-state index in [1.807, 2.05) is 30.3 Å². The van der Waals surface area contributed by atoms with E-state index < -0.39 is 12.1 Å². The van der Waals surface area contributed by atoms with Crippen LogP contribution < -0.4 is 0 Å². The van der Waals surface area contributed by atoms with E-state index in [1.54, 1.807) is 0 Å². The van der Waals surface area contributed by atoms with E-state index in [0.29, 0.717) is 13.1 Å². The number of nitrogens with zero attached hydrogens (tertiary/aromatic N) is 1. The summed E-state index contributed by atoms with van der Waals surface area (Å²) in [6, 6.07) is 9.38. The Kier molecular flexibility index (Phi) is 3.06. The highest BCUT2D eigenvalue weighted by Crippen LogP contribution is 2.28. The molecule has 2 rings (SSSR count). The van der Waals surface area contributed by atoms with Gasteiger partial charge in [0, 0.05) is 19.0 Å². The highest BCUT2D eigenvalue weighted by molar-refractivity contribution is 5.75. The van der Waals surface area contributed by atoms with Crippen molar-refractivity contribution in [1.29, 1.82) is 0 Å². The third kappa shape index (κ3) is 2.76. The monoisotopic (exact) mass is 245 g/mol. The number of hydrogen-bond acceptors (Lipinski definition) is 3. The molecule has 1 heterocycles. The minimum atomic E-state index is -4.93. The van der Waals surface area contributed by atoms with Crippen molar-refractivity contribution in [2.24, 2.45) is 0 Å². The molecule has 1 aliphatic heterocycles. The fourth-order valence-corrected chi connectivity index (χ4v) is 1.62. The van der Waals surface area contributed by atoms with Crippen LogP contribution in [0.15, 0.2) is 30.3 Å². The Labute approximate surface area is 95.7 Å². The van der Waals surface area contributed by atoms with Gasteiger partial charge in [-0.05, 0) is 5.56 Å². The second-order valence-corrected chi connectivity index (χ2v) is 3.83. The van der Waals surface area contributed by atoms with E-state index in [1.165, 1.54) is 0 Å². The molecule has 1 aromatic rings. The second-order valence-electron chi connectivity index (χ2n) is 3.83. The van der Waals surface area contributed by atoms with E-state index in [2.05, 4.69) is 4.84 Å². The van der Waals surface area contributed by atoms with Crippen LogP contribution in [-0.2, 0) is 9.63 Å². The first kappa shape index (κ1) is 11.9. The molecule has 0 aromatic heterocycles. The van der Waals surface area contributed by atoms with Gasteiger partial charge in [0.1, 0.15) is 0 Å². The van der Waals surface area contributed by atoms with Gasteiger partial charge in [0.2, 0.25) is 0 Å². The van der Waals surface area contributed by atoms with Crippen LogP contribution in [0, 0.1) is 0 Å². The summed E-state index contributed by atoms with van der Waals surface area (Å²) in [5.41, 5.74) is 1.03. The van der Waals surface area contributed by atoms with Crippen LogP contribution in [0.25, 0.3) is 0 Å². The lowest BCUT2D eigenvalue weighted by atomic mass is 9.93. The van der Waals surface area contributed by atoms with Crippen LogP contribution >= 0.6 is 0 Å². The molecule has 1 saturated heterocycles. The predicted octanol–water partition coefficient (Wildman–Crippen LogP) is 2.11. The van der Waals surface area contributed by atoms with Crippen molar-refractivity contribution in [3.63, 3.8) is 0 Å². The molecule has 1 aliphatic rings. The van der Waals surface area contributed by atoms with Crippen molar-refractivity contribution in [3.8, 4) is 0 Å². The zero-order chi connectivity index (χ0) is 12.5. The van der Waals surface area contributed by atoms with Crippen LogP contribution in [0.2, 0.25) is 0 Å². The molecule has 0 radical (unpaired) electrons. The lowest BCUT2D eigenvalue weighted by Gasteiger charge is -2.37. The van der Waals surface area contributed by atoms with Gasteiger partial charge in [-0.25, -0.2) is 4.79 Å². The molecule has 0 spiro atoms. The summed E-state index contributed by atoms with van der Waals surface area (Å²) in [6.07, 6.45) is -4.93. The Balaban J connectivity index is 1.82. The van der Waals surface area contributed by atoms with Gasteiger partial charge >= 0.3 is 12.1 Å². The largest absolute Gasteiger partial charge is 0.492 e. The zero-order valence-corrected chi connectivity index (χ0v) is 8.78. The molecule has 1 aromatic carbocycles. The number of benzene rings is 1. The average molecular weight is 245 g/mol. The molecule has 0 aliphatic carbocycles. The first-order chi connectivity index (χ1) is 7.97. The van der Waals surface area contributed by atoms with E-state index in [9.17, 15) is 18.0 Å². The summed E-state index contributed by atoms with van der Waals surface area (Å²) in [7, 11) is 0. The SMILES string of the molecule is O=C(ON1CC(c2ccccc2)C1)C(F)(F)F. The molecule has 0 saturated carbocycles. The fourth-order valence-electron chi connectivity index (χ4n) is 1.62. The molecule has 17 heavy (non-hydrogen) atoms. The molecule has 0 N–H and O–H groups in total. The molecular weight excluding hydrogens is 235 g/mol. The molecule has 0 bridgehead atoms. The summed E-state index contributed by atoms with van der Waals surface area (Å²) in [6.45, 7) is 0.595. The molecule has 0 amide bonds. The molecule has 6 heteroatoms. The van der Waals surface area contributed by atoms with Crippen molar-refractivity contribution in [2.45, 2.75) is 12.1 Å². The fraction of sp³-hybridized carbons (Fsp3) is 0.364. The van der Waals surface area contributed by atoms with Crippen molar-refractivity contribution in [2.75, 3.05) is 13.1 Å².